The molecule has 1 atom stereocenters. The number of nitrogens with two attached hydrogens (primary N) is 1. The summed E-state index contributed by atoms with van der Waals surface area (Å²) in [6, 6.07) is 6.13. The summed E-state index contributed by atoms with van der Waals surface area (Å²) in [6.07, 6.45) is 1.85. The minimum Gasteiger partial charge on any atom is -0.379 e. The van der Waals surface area contributed by atoms with Crippen molar-refractivity contribution in [3.8, 4) is 0 Å². The van der Waals surface area contributed by atoms with Gasteiger partial charge in [-0.15, -0.1) is 0 Å². The molecular formula is C14H23ClN2O. The van der Waals surface area contributed by atoms with Crippen LogP contribution in [0.4, 0.5) is 0 Å². The molecule has 0 aliphatic rings. The molecule has 4 heteroatoms. The molecule has 1 aromatic carbocycles. The third kappa shape index (κ3) is 4.25. The second-order valence-corrected chi connectivity index (χ2v) is 5.64. The zero-order chi connectivity index (χ0) is 13.8. The van der Waals surface area contributed by atoms with Crippen molar-refractivity contribution in [2.45, 2.75) is 45.3 Å². The van der Waals surface area contributed by atoms with Crippen LogP contribution in [-0.2, 0) is 4.74 Å². The number of nitrogens with one attached hydrogen (secondary N) is 1. The Morgan fingerprint density at radius 1 is 1.44 bits per heavy atom. The van der Waals surface area contributed by atoms with Gasteiger partial charge in [0, 0.05) is 18.2 Å². The molecule has 0 saturated heterocycles. The Kier molecular flexibility index (Phi) is 5.60. The molecule has 0 heterocycles. The third-order valence-electron chi connectivity index (χ3n) is 3.37. The van der Waals surface area contributed by atoms with Gasteiger partial charge >= 0.3 is 0 Å². The van der Waals surface area contributed by atoms with Gasteiger partial charge in [-0.05, 0) is 50.8 Å². The topological polar surface area (TPSA) is 47.3 Å². The fourth-order valence-corrected chi connectivity index (χ4v) is 1.94. The summed E-state index contributed by atoms with van der Waals surface area (Å²) in [6.45, 7) is 6.15. The quantitative estimate of drug-likeness (QED) is 0.616. The maximum atomic E-state index is 6.03. The number of halogens is 1. The maximum Gasteiger partial charge on any atom is 0.0623 e. The van der Waals surface area contributed by atoms with E-state index in [2.05, 4.69) is 25.3 Å². The van der Waals surface area contributed by atoms with Gasteiger partial charge in [-0.25, -0.2) is 0 Å². The van der Waals surface area contributed by atoms with E-state index < -0.39 is 0 Å². The number of benzene rings is 1. The molecule has 3 nitrogen and oxygen atoms in total. The number of ether oxygens (including phenoxy) is 1. The average Bonchev–Trinajstić information content (AvgIpc) is 2.34. The van der Waals surface area contributed by atoms with Crippen molar-refractivity contribution >= 4 is 11.6 Å². The van der Waals surface area contributed by atoms with Gasteiger partial charge in [-0.1, -0.05) is 23.7 Å². The van der Waals surface area contributed by atoms with Gasteiger partial charge in [-0.3, -0.25) is 11.3 Å². The number of hydrogen-bond donors (Lipinski definition) is 2. The molecule has 0 radical (unpaired) electrons. The van der Waals surface area contributed by atoms with E-state index in [-0.39, 0.29) is 11.6 Å². The van der Waals surface area contributed by atoms with Crippen LogP contribution in [-0.4, -0.2) is 12.7 Å². The van der Waals surface area contributed by atoms with Crippen molar-refractivity contribution in [2.75, 3.05) is 7.11 Å². The standard InChI is InChI=1S/C14H23ClN2O/c1-10-9-11(5-6-12(10)15)13(17-16)7-8-14(2,3)18-4/h5-6,9,13,17H,7-8,16H2,1-4H3. The predicted octanol–water partition coefficient (Wildman–Crippen LogP) is 3.36. The Hall–Kier alpha value is -0.610. The first-order chi connectivity index (χ1) is 8.39. The van der Waals surface area contributed by atoms with Gasteiger partial charge in [0.2, 0.25) is 0 Å². The van der Waals surface area contributed by atoms with Gasteiger partial charge < -0.3 is 4.74 Å². The van der Waals surface area contributed by atoms with Crippen LogP contribution in [0.25, 0.3) is 0 Å². The van der Waals surface area contributed by atoms with Crippen LogP contribution in [0.2, 0.25) is 5.02 Å². The fraction of sp³-hybridized carbons (Fsp3) is 0.571. The highest BCUT2D eigenvalue weighted by molar-refractivity contribution is 6.31. The Morgan fingerprint density at radius 3 is 2.61 bits per heavy atom. The Labute approximate surface area is 115 Å². The number of aryl methyl sites for hydroxylation is 1. The molecule has 0 spiro atoms. The van der Waals surface area contributed by atoms with Crippen LogP contribution < -0.4 is 11.3 Å². The zero-order valence-electron chi connectivity index (χ0n) is 11.6. The minimum atomic E-state index is -0.128. The van der Waals surface area contributed by atoms with E-state index in [0.717, 1.165) is 29.0 Å². The van der Waals surface area contributed by atoms with Gasteiger partial charge in [0.1, 0.15) is 0 Å². The Morgan fingerprint density at radius 2 is 2.11 bits per heavy atom. The highest BCUT2D eigenvalue weighted by atomic mass is 35.5. The first-order valence-electron chi connectivity index (χ1n) is 6.17. The van der Waals surface area contributed by atoms with Crippen LogP contribution >= 0.6 is 11.6 Å². The predicted molar refractivity (Wildman–Crippen MR) is 76.6 cm³/mol. The summed E-state index contributed by atoms with van der Waals surface area (Å²) in [5, 5.41) is 0.784. The summed E-state index contributed by atoms with van der Waals surface area (Å²) < 4.78 is 5.42. The molecule has 3 N–H and O–H groups in total. The lowest BCUT2D eigenvalue weighted by molar-refractivity contribution is 0.0117. The van der Waals surface area contributed by atoms with Gasteiger partial charge in [-0.2, -0.15) is 0 Å². The van der Waals surface area contributed by atoms with Crippen molar-refractivity contribution in [3.05, 3.63) is 34.3 Å². The first kappa shape index (κ1) is 15.4. The van der Waals surface area contributed by atoms with E-state index >= 15 is 0 Å². The SMILES string of the molecule is COC(C)(C)CCC(NN)c1ccc(Cl)c(C)c1. The second kappa shape index (κ2) is 6.53. The summed E-state index contributed by atoms with van der Waals surface area (Å²) in [5.74, 6) is 5.64. The fourth-order valence-electron chi connectivity index (χ4n) is 1.82. The van der Waals surface area contributed by atoms with Crippen molar-refractivity contribution in [3.63, 3.8) is 0 Å². The molecule has 1 aromatic rings. The summed E-state index contributed by atoms with van der Waals surface area (Å²) in [5.41, 5.74) is 4.96. The minimum absolute atomic E-state index is 0.121. The van der Waals surface area contributed by atoms with E-state index in [9.17, 15) is 0 Å². The number of rotatable bonds is 6. The van der Waals surface area contributed by atoms with Crippen molar-refractivity contribution in [1.82, 2.24) is 5.43 Å². The lowest BCUT2D eigenvalue weighted by Crippen LogP contribution is -2.31. The van der Waals surface area contributed by atoms with Gasteiger partial charge in [0.25, 0.3) is 0 Å². The molecule has 0 amide bonds. The second-order valence-electron chi connectivity index (χ2n) is 5.23. The van der Waals surface area contributed by atoms with Crippen molar-refractivity contribution < 1.29 is 4.74 Å². The molecule has 0 aliphatic carbocycles. The number of hydrogen-bond acceptors (Lipinski definition) is 3. The normalized spacial score (nSPS) is 13.7. The van der Waals surface area contributed by atoms with Gasteiger partial charge in [0.15, 0.2) is 0 Å². The highest BCUT2D eigenvalue weighted by Crippen LogP contribution is 2.26. The summed E-state index contributed by atoms with van der Waals surface area (Å²) >= 11 is 6.03. The molecule has 18 heavy (non-hydrogen) atoms. The van der Waals surface area contributed by atoms with Crippen LogP contribution in [0.1, 0.15) is 43.9 Å². The van der Waals surface area contributed by atoms with Crippen LogP contribution in [0.15, 0.2) is 18.2 Å². The molecule has 0 aliphatic heterocycles. The molecule has 1 rings (SSSR count). The lowest BCUT2D eigenvalue weighted by Gasteiger charge is -2.26. The van der Waals surface area contributed by atoms with Gasteiger partial charge in [0.05, 0.1) is 5.60 Å². The van der Waals surface area contributed by atoms with Crippen molar-refractivity contribution in [1.29, 1.82) is 0 Å². The highest BCUT2D eigenvalue weighted by Gasteiger charge is 2.19. The summed E-state index contributed by atoms with van der Waals surface area (Å²) in [4.78, 5) is 0. The molecule has 1 unspecified atom stereocenters. The van der Waals surface area contributed by atoms with Crippen molar-refractivity contribution in [2.24, 2.45) is 5.84 Å². The maximum absolute atomic E-state index is 6.03. The van der Waals surface area contributed by atoms with Crippen LogP contribution in [0.5, 0.6) is 0 Å². The Bertz CT molecular complexity index is 393. The van der Waals surface area contributed by atoms with E-state index in [4.69, 9.17) is 22.2 Å². The average molecular weight is 271 g/mol. The third-order valence-corrected chi connectivity index (χ3v) is 3.80. The van der Waals surface area contributed by atoms with E-state index in [0.29, 0.717) is 0 Å². The molecule has 102 valence electrons. The monoisotopic (exact) mass is 270 g/mol. The molecule has 0 saturated carbocycles. The number of hydrazine groups is 1. The smallest absolute Gasteiger partial charge is 0.0623 e. The largest absolute Gasteiger partial charge is 0.379 e. The molecular weight excluding hydrogens is 248 g/mol. The molecule has 0 bridgehead atoms. The number of methoxy groups -OCH3 is 1. The molecule has 0 aromatic heterocycles. The van der Waals surface area contributed by atoms with Crippen LogP contribution in [0, 0.1) is 6.92 Å². The van der Waals surface area contributed by atoms with Crippen LogP contribution in [0.3, 0.4) is 0 Å². The van der Waals surface area contributed by atoms with E-state index in [1.807, 2.05) is 19.1 Å². The first-order valence-corrected chi connectivity index (χ1v) is 6.55. The van der Waals surface area contributed by atoms with E-state index in [1.165, 1.54) is 0 Å². The van der Waals surface area contributed by atoms with E-state index in [1.54, 1.807) is 7.11 Å². The Balaban J connectivity index is 2.74. The molecule has 0 fully saturated rings. The zero-order valence-corrected chi connectivity index (χ0v) is 12.3. The summed E-state index contributed by atoms with van der Waals surface area (Å²) in [7, 11) is 1.73. The lowest BCUT2D eigenvalue weighted by atomic mass is 9.94.